The molecule has 0 aromatic rings. The fourth-order valence-electron chi connectivity index (χ4n) is 4.98. The van der Waals surface area contributed by atoms with Gasteiger partial charge < -0.3 is 31.1 Å². The normalized spacial score (nSPS) is 17.3. The van der Waals surface area contributed by atoms with Crippen molar-refractivity contribution in [2.24, 2.45) is 11.8 Å². The molecule has 6 N–H and O–H groups in total. The molecule has 0 unspecified atom stereocenters. The van der Waals surface area contributed by atoms with Crippen molar-refractivity contribution in [3.05, 3.63) is 0 Å². The van der Waals surface area contributed by atoms with Crippen LogP contribution in [0.4, 0.5) is 0 Å². The second-order valence-corrected chi connectivity index (χ2v) is 12.3. The molecule has 18 heteroatoms. The summed E-state index contributed by atoms with van der Waals surface area (Å²) in [5.74, 6) is -7.34. The van der Waals surface area contributed by atoms with Crippen molar-refractivity contribution in [1.82, 2.24) is 30.2 Å². The summed E-state index contributed by atoms with van der Waals surface area (Å²) < 4.78 is 0. The Labute approximate surface area is 279 Å². The minimum atomic E-state index is -1.21. The number of carbonyl (C=O) groups is 8. The van der Waals surface area contributed by atoms with Gasteiger partial charge >= 0.3 is 23.9 Å². The Morgan fingerprint density at radius 1 is 0.583 bits per heavy atom. The van der Waals surface area contributed by atoms with Gasteiger partial charge in [-0.05, 0) is 12.8 Å². The summed E-state index contributed by atoms with van der Waals surface area (Å²) >= 11 is 0. The van der Waals surface area contributed by atoms with Crippen molar-refractivity contribution in [1.29, 1.82) is 0 Å². The van der Waals surface area contributed by atoms with Gasteiger partial charge in [-0.2, -0.15) is 0 Å². The maximum atomic E-state index is 12.9. The van der Waals surface area contributed by atoms with E-state index in [1.807, 2.05) is 0 Å². The molecule has 0 aliphatic carbocycles. The van der Waals surface area contributed by atoms with Crippen LogP contribution in [0.5, 0.6) is 0 Å². The van der Waals surface area contributed by atoms with Gasteiger partial charge in [0.15, 0.2) is 5.78 Å². The summed E-state index contributed by atoms with van der Waals surface area (Å²) in [5, 5.41) is 41.8. The summed E-state index contributed by atoms with van der Waals surface area (Å²) in [6.07, 6.45) is -0.568. The first-order valence-corrected chi connectivity index (χ1v) is 15.8. The average Bonchev–Trinajstić information content (AvgIpc) is 2.97. The smallest absolute Gasteiger partial charge is 0.325 e. The highest BCUT2D eigenvalue weighted by Crippen LogP contribution is 2.16. The minimum Gasteiger partial charge on any atom is -0.480 e. The molecule has 0 radical (unpaired) electrons. The van der Waals surface area contributed by atoms with Gasteiger partial charge in [-0.25, -0.2) is 0 Å². The number of hydrogen-bond acceptors (Lipinski definition) is 12. The van der Waals surface area contributed by atoms with Crippen LogP contribution in [0.1, 0.15) is 40.0 Å². The number of carboxylic acids is 4. The van der Waals surface area contributed by atoms with Crippen molar-refractivity contribution in [2.45, 2.75) is 46.1 Å². The molecule has 2 atom stereocenters. The van der Waals surface area contributed by atoms with E-state index in [0.717, 1.165) is 0 Å². The summed E-state index contributed by atoms with van der Waals surface area (Å²) in [6, 6.07) is -1.13. The van der Waals surface area contributed by atoms with E-state index in [1.165, 1.54) is 6.92 Å². The van der Waals surface area contributed by atoms with Gasteiger partial charge in [-0.1, -0.05) is 13.8 Å². The largest absolute Gasteiger partial charge is 0.480 e. The number of amides is 2. The van der Waals surface area contributed by atoms with E-state index in [-0.39, 0.29) is 116 Å². The van der Waals surface area contributed by atoms with Crippen LogP contribution in [0.2, 0.25) is 0 Å². The monoisotopic (exact) mass is 686 g/mol. The van der Waals surface area contributed by atoms with Crippen molar-refractivity contribution in [2.75, 3.05) is 85.1 Å². The summed E-state index contributed by atoms with van der Waals surface area (Å²) in [5.41, 5.74) is 0. The number of Topliss-reactive ketones (excluding diaryl/α,β-unsaturated/α-hetero) is 2. The fraction of sp³-hybridized carbons (Fsp3) is 0.733. The number of nitrogens with zero attached hydrogens (tertiary/aromatic N) is 4. The molecule has 0 spiro atoms. The number of carbonyl (C=O) groups excluding carboxylic acids is 4. The van der Waals surface area contributed by atoms with E-state index < -0.39 is 53.4 Å². The molecule has 0 bridgehead atoms. The van der Waals surface area contributed by atoms with Crippen molar-refractivity contribution >= 4 is 47.3 Å². The van der Waals surface area contributed by atoms with Crippen LogP contribution in [-0.2, 0) is 38.4 Å². The van der Waals surface area contributed by atoms with Crippen LogP contribution < -0.4 is 10.6 Å². The van der Waals surface area contributed by atoms with E-state index in [9.17, 15) is 53.7 Å². The lowest BCUT2D eigenvalue weighted by Gasteiger charge is -2.32. The van der Waals surface area contributed by atoms with Gasteiger partial charge in [0, 0.05) is 77.5 Å². The molecule has 0 aromatic carbocycles. The summed E-state index contributed by atoms with van der Waals surface area (Å²) in [6.45, 7) is 5.38. The maximum Gasteiger partial charge on any atom is 0.325 e. The lowest BCUT2D eigenvalue weighted by atomic mass is 9.89. The average molecular weight is 687 g/mol. The molecule has 272 valence electrons. The molecular weight excluding hydrogens is 636 g/mol. The zero-order valence-electron chi connectivity index (χ0n) is 27.9. The number of ketones is 2. The molecule has 2 amide bonds. The lowest BCUT2D eigenvalue weighted by molar-refractivity contribution is -0.142. The highest BCUT2D eigenvalue weighted by atomic mass is 16.4. The predicted octanol–water partition coefficient (Wildman–Crippen LogP) is -2.25. The van der Waals surface area contributed by atoms with Gasteiger partial charge in [-0.3, -0.25) is 58.0 Å². The number of nitrogens with one attached hydrogen (secondary N) is 2. The first-order chi connectivity index (χ1) is 22.5. The van der Waals surface area contributed by atoms with Crippen LogP contribution in [0.25, 0.3) is 0 Å². The van der Waals surface area contributed by atoms with E-state index in [2.05, 4.69) is 10.6 Å². The molecule has 48 heavy (non-hydrogen) atoms. The Hall–Kier alpha value is -4.00. The summed E-state index contributed by atoms with van der Waals surface area (Å²) in [7, 11) is 0. The van der Waals surface area contributed by atoms with Gasteiger partial charge in [0.1, 0.15) is 11.8 Å². The predicted molar refractivity (Wildman–Crippen MR) is 169 cm³/mol. The van der Waals surface area contributed by atoms with Crippen LogP contribution in [0.3, 0.4) is 0 Å². The molecule has 1 aliphatic heterocycles. The molecule has 1 aliphatic rings. The van der Waals surface area contributed by atoms with E-state index in [0.29, 0.717) is 0 Å². The van der Waals surface area contributed by atoms with Gasteiger partial charge in [-0.15, -0.1) is 0 Å². The maximum absolute atomic E-state index is 12.9. The second kappa shape index (κ2) is 21.8. The molecule has 0 aromatic heterocycles. The van der Waals surface area contributed by atoms with E-state index >= 15 is 0 Å². The number of hydrogen-bond donors (Lipinski definition) is 6. The molecular formula is C30H50N6O12. The third-order valence-corrected chi connectivity index (χ3v) is 7.84. The Balaban J connectivity index is 2.76. The SMILES string of the molecule is CC(C)[C@H](CC(=O)CNC(=O)CCC(=O)CN1CCN(CC(=O)O)CCN(CC(=O)O)CCN(CC(=O)O)CC1)C(=O)N[C@H](C)C(=O)O. The number of carboxylic acid groups (broad SMARTS) is 4. The fourth-order valence-corrected chi connectivity index (χ4v) is 4.98. The van der Waals surface area contributed by atoms with Crippen molar-refractivity contribution < 1.29 is 58.8 Å². The Bertz CT molecular complexity index is 1120. The van der Waals surface area contributed by atoms with Gasteiger partial charge in [0.05, 0.1) is 32.7 Å². The third kappa shape index (κ3) is 18.4. The zero-order chi connectivity index (χ0) is 36.4. The van der Waals surface area contributed by atoms with Crippen molar-refractivity contribution in [3.63, 3.8) is 0 Å². The Kier molecular flexibility index (Phi) is 19.1. The molecule has 1 rings (SSSR count). The number of rotatable bonds is 19. The zero-order valence-corrected chi connectivity index (χ0v) is 27.9. The van der Waals surface area contributed by atoms with Crippen LogP contribution in [0, 0.1) is 11.8 Å². The Morgan fingerprint density at radius 2 is 0.979 bits per heavy atom. The first-order valence-electron chi connectivity index (χ1n) is 15.8. The molecule has 1 heterocycles. The molecule has 1 fully saturated rings. The number of aliphatic carboxylic acids is 4. The minimum absolute atomic E-state index is 0.0842. The Morgan fingerprint density at radius 3 is 1.33 bits per heavy atom. The van der Waals surface area contributed by atoms with E-state index in [1.54, 1.807) is 33.4 Å². The van der Waals surface area contributed by atoms with Gasteiger partial charge in [0.25, 0.3) is 0 Å². The van der Waals surface area contributed by atoms with Crippen LogP contribution in [0.15, 0.2) is 0 Å². The van der Waals surface area contributed by atoms with Gasteiger partial charge in [0.2, 0.25) is 11.8 Å². The van der Waals surface area contributed by atoms with Crippen LogP contribution in [-0.4, -0.2) is 178 Å². The highest BCUT2D eigenvalue weighted by molar-refractivity contribution is 5.92. The summed E-state index contributed by atoms with van der Waals surface area (Å²) in [4.78, 5) is 102. The van der Waals surface area contributed by atoms with Crippen LogP contribution >= 0.6 is 0 Å². The van der Waals surface area contributed by atoms with Crippen molar-refractivity contribution in [3.8, 4) is 0 Å². The quantitative estimate of drug-likeness (QED) is 0.0839. The first kappa shape index (κ1) is 42.0. The highest BCUT2D eigenvalue weighted by Gasteiger charge is 2.28. The molecule has 1 saturated heterocycles. The second-order valence-electron chi connectivity index (χ2n) is 12.3. The lowest BCUT2D eigenvalue weighted by Crippen LogP contribution is -2.49. The molecule has 0 saturated carbocycles. The topological polar surface area (TPSA) is 254 Å². The van der Waals surface area contributed by atoms with E-state index in [4.69, 9.17) is 5.11 Å². The molecule has 18 nitrogen and oxygen atoms in total. The third-order valence-electron chi connectivity index (χ3n) is 7.84. The standard InChI is InChI=1S/C30H50N6O12/c1-20(2)24(29(46)32-21(3)30(47)48)14-23(38)15-31-25(39)5-4-22(37)16-33-6-8-34(17-26(40)41)10-12-36(19-28(44)45)13-11-35(9-7-33)18-27(42)43/h20-21,24H,4-19H2,1-3H3,(H,31,39)(H,32,46)(H,40,41)(H,42,43)(H,44,45)(H,47,48)/t21-,24+/m1/s1.